The fraction of sp³-hybridized carbons (Fsp3) is 0.273. The number of hydrogen-bond acceptors (Lipinski definition) is 3. The van der Waals surface area contributed by atoms with Crippen LogP contribution in [0.15, 0.2) is 24.3 Å². The Hall–Kier alpha value is -0.660. The number of alkyl carbamates (subject to hydrolysis) is 1. The van der Waals surface area contributed by atoms with Crippen molar-refractivity contribution in [2.75, 3.05) is 12.4 Å². The van der Waals surface area contributed by atoms with Crippen LogP contribution < -0.4 is 16.0 Å². The molecule has 10 heteroatoms. The topological polar surface area (TPSA) is 62.4 Å². The number of hydrogen-bond donors (Lipinski definition) is 3. The molecule has 116 valence electrons. The lowest BCUT2D eigenvalue weighted by Crippen LogP contribution is -2.56. The highest BCUT2D eigenvalue weighted by Gasteiger charge is 2.34. The molecule has 1 rings (SSSR count). The van der Waals surface area contributed by atoms with Gasteiger partial charge in [0.25, 0.3) is 0 Å². The molecule has 5 nitrogen and oxygen atoms in total. The molecule has 0 bridgehead atoms. The molecule has 0 aromatic heterocycles. The number of ether oxygens (including phenoxy) is 1. The smallest absolute Gasteiger partial charge is 0.408 e. The van der Waals surface area contributed by atoms with Crippen molar-refractivity contribution < 1.29 is 9.53 Å². The number of nitrogens with one attached hydrogen (secondary N) is 3. The molecule has 0 unspecified atom stereocenters. The van der Waals surface area contributed by atoms with E-state index in [-0.39, 0.29) is 5.11 Å². The van der Waals surface area contributed by atoms with E-state index in [0.29, 0.717) is 10.7 Å². The highest BCUT2D eigenvalue weighted by molar-refractivity contribution is 7.80. The molecule has 0 aliphatic rings. The zero-order valence-electron chi connectivity index (χ0n) is 10.6. The standard InChI is InChI=1S/C11H11Cl4N3O2S/c1-20-10(19)18-8(11(13,14)15)17-9(21)16-7-4-2-3-6(12)5-7/h2-5,8H,1H3,(H,18,19)(H2,16,17,21)/t8-/m0/s1. The minimum Gasteiger partial charge on any atom is -0.453 e. The van der Waals surface area contributed by atoms with Crippen molar-refractivity contribution in [2.24, 2.45) is 0 Å². The van der Waals surface area contributed by atoms with Gasteiger partial charge in [0.05, 0.1) is 7.11 Å². The van der Waals surface area contributed by atoms with Crippen LogP contribution in [-0.2, 0) is 4.74 Å². The summed E-state index contributed by atoms with van der Waals surface area (Å²) in [4.78, 5) is 11.2. The molecule has 1 aromatic rings. The molecule has 1 amide bonds. The van der Waals surface area contributed by atoms with Crippen LogP contribution in [0.2, 0.25) is 5.02 Å². The van der Waals surface area contributed by atoms with Crippen molar-refractivity contribution in [1.29, 1.82) is 0 Å². The quantitative estimate of drug-likeness (QED) is 0.417. The molecule has 0 radical (unpaired) electrons. The molecule has 0 aliphatic heterocycles. The van der Waals surface area contributed by atoms with E-state index in [1.165, 1.54) is 7.11 Å². The third-order valence-electron chi connectivity index (χ3n) is 2.13. The first-order valence-electron chi connectivity index (χ1n) is 5.46. The number of rotatable bonds is 3. The molecular formula is C11H11Cl4N3O2S. The monoisotopic (exact) mass is 389 g/mol. The Morgan fingerprint density at radius 2 is 2.00 bits per heavy atom. The summed E-state index contributed by atoms with van der Waals surface area (Å²) in [5.41, 5.74) is 0.640. The lowest BCUT2D eigenvalue weighted by atomic mass is 10.3. The maximum atomic E-state index is 11.2. The van der Waals surface area contributed by atoms with Gasteiger partial charge in [-0.15, -0.1) is 0 Å². The number of amides is 1. The highest BCUT2D eigenvalue weighted by Crippen LogP contribution is 2.29. The van der Waals surface area contributed by atoms with Crippen molar-refractivity contribution in [3.05, 3.63) is 29.3 Å². The maximum Gasteiger partial charge on any atom is 0.408 e. The number of carbonyl (C=O) groups is 1. The molecular weight excluding hydrogens is 380 g/mol. The maximum absolute atomic E-state index is 11.2. The Bertz CT molecular complexity index is 524. The summed E-state index contributed by atoms with van der Waals surface area (Å²) in [6, 6.07) is 6.87. The van der Waals surface area contributed by atoms with Crippen LogP contribution in [0.3, 0.4) is 0 Å². The summed E-state index contributed by atoms with van der Waals surface area (Å²) < 4.78 is 2.61. The van der Waals surface area contributed by atoms with Crippen LogP contribution in [0.4, 0.5) is 10.5 Å². The van der Waals surface area contributed by atoms with Gasteiger partial charge in [0, 0.05) is 10.7 Å². The second-order valence-corrected chi connectivity index (χ2v) is 6.93. The van der Waals surface area contributed by atoms with Gasteiger partial charge in [-0.1, -0.05) is 52.5 Å². The van der Waals surface area contributed by atoms with E-state index in [1.54, 1.807) is 24.3 Å². The van der Waals surface area contributed by atoms with Crippen molar-refractivity contribution in [3.63, 3.8) is 0 Å². The van der Waals surface area contributed by atoms with Crippen LogP contribution in [0.25, 0.3) is 0 Å². The van der Waals surface area contributed by atoms with Crippen LogP contribution in [0, 0.1) is 0 Å². The molecule has 21 heavy (non-hydrogen) atoms. The van der Waals surface area contributed by atoms with Crippen LogP contribution >= 0.6 is 58.6 Å². The number of anilines is 1. The predicted octanol–water partition coefficient (Wildman–Crippen LogP) is 3.68. The molecule has 0 aliphatic carbocycles. The third kappa shape index (κ3) is 6.76. The molecule has 1 aromatic carbocycles. The Balaban J connectivity index is 2.70. The highest BCUT2D eigenvalue weighted by atomic mass is 35.6. The molecule has 1 atom stereocenters. The molecule has 0 saturated heterocycles. The molecule has 0 heterocycles. The van der Waals surface area contributed by atoms with Gasteiger partial charge >= 0.3 is 6.09 Å². The first-order chi connectivity index (χ1) is 9.72. The Kier molecular flexibility index (Phi) is 7.09. The van der Waals surface area contributed by atoms with Crippen molar-refractivity contribution in [3.8, 4) is 0 Å². The van der Waals surface area contributed by atoms with Gasteiger partial charge in [-0.3, -0.25) is 5.32 Å². The summed E-state index contributed by atoms with van der Waals surface area (Å²) >= 11 is 28.2. The Labute approximate surface area is 147 Å². The van der Waals surface area contributed by atoms with E-state index in [2.05, 4.69) is 20.7 Å². The number of alkyl halides is 3. The van der Waals surface area contributed by atoms with Gasteiger partial charge < -0.3 is 15.4 Å². The number of carbonyl (C=O) groups excluding carboxylic acids is 1. The van der Waals surface area contributed by atoms with E-state index in [4.69, 9.17) is 58.6 Å². The SMILES string of the molecule is COC(=O)N[C@H](NC(=S)Nc1cccc(Cl)c1)C(Cl)(Cl)Cl. The third-order valence-corrected chi connectivity index (χ3v) is 3.24. The van der Waals surface area contributed by atoms with Crippen molar-refractivity contribution in [1.82, 2.24) is 10.6 Å². The number of benzene rings is 1. The van der Waals surface area contributed by atoms with Gasteiger partial charge in [-0.25, -0.2) is 4.79 Å². The van der Waals surface area contributed by atoms with Crippen LogP contribution in [-0.4, -0.2) is 28.3 Å². The first-order valence-corrected chi connectivity index (χ1v) is 7.38. The number of methoxy groups -OCH3 is 1. The summed E-state index contributed by atoms with van der Waals surface area (Å²) in [5.74, 6) is 0. The zero-order valence-corrected chi connectivity index (χ0v) is 14.5. The second kappa shape index (κ2) is 8.10. The number of thiocarbonyl (C=S) groups is 1. The van der Waals surface area contributed by atoms with Gasteiger partial charge in [0.1, 0.15) is 0 Å². The first kappa shape index (κ1) is 18.4. The largest absolute Gasteiger partial charge is 0.453 e. The summed E-state index contributed by atoms with van der Waals surface area (Å²) in [7, 11) is 1.19. The summed E-state index contributed by atoms with van der Waals surface area (Å²) in [6.45, 7) is 0. The fourth-order valence-electron chi connectivity index (χ4n) is 1.24. The van der Waals surface area contributed by atoms with Gasteiger partial charge in [-0.2, -0.15) is 0 Å². The minimum absolute atomic E-state index is 0.130. The van der Waals surface area contributed by atoms with E-state index in [9.17, 15) is 4.79 Å². The zero-order chi connectivity index (χ0) is 16.0. The molecule has 0 fully saturated rings. The molecule has 0 spiro atoms. The van der Waals surface area contributed by atoms with E-state index < -0.39 is 16.1 Å². The lowest BCUT2D eigenvalue weighted by molar-refractivity contribution is 0.166. The fourth-order valence-corrected chi connectivity index (χ4v) is 1.99. The van der Waals surface area contributed by atoms with E-state index in [0.717, 1.165) is 0 Å². The van der Waals surface area contributed by atoms with E-state index >= 15 is 0 Å². The average molecular weight is 391 g/mol. The molecule has 0 saturated carbocycles. The second-order valence-electron chi connectivity index (χ2n) is 3.72. The van der Waals surface area contributed by atoms with Crippen molar-refractivity contribution in [2.45, 2.75) is 9.96 Å². The van der Waals surface area contributed by atoms with E-state index in [1.807, 2.05) is 0 Å². The predicted molar refractivity (Wildman–Crippen MR) is 90.4 cm³/mol. The van der Waals surface area contributed by atoms with Crippen molar-refractivity contribution >= 4 is 75.5 Å². The minimum atomic E-state index is -1.84. The average Bonchev–Trinajstić information content (AvgIpc) is 2.36. The molecule has 3 N–H and O–H groups in total. The van der Waals surface area contributed by atoms with Gasteiger partial charge in [-0.05, 0) is 30.4 Å². The Morgan fingerprint density at radius 1 is 1.33 bits per heavy atom. The summed E-state index contributed by atoms with van der Waals surface area (Å²) in [5, 5.41) is 8.48. The van der Waals surface area contributed by atoms with Gasteiger partial charge in [0.2, 0.25) is 3.79 Å². The number of halogens is 4. The van der Waals surface area contributed by atoms with Crippen LogP contribution in [0.1, 0.15) is 0 Å². The van der Waals surface area contributed by atoms with Crippen LogP contribution in [0.5, 0.6) is 0 Å². The normalized spacial score (nSPS) is 12.2. The lowest BCUT2D eigenvalue weighted by Gasteiger charge is -2.27. The Morgan fingerprint density at radius 3 is 2.52 bits per heavy atom. The van der Waals surface area contributed by atoms with Gasteiger partial charge in [0.15, 0.2) is 11.3 Å². The summed E-state index contributed by atoms with van der Waals surface area (Å²) in [6.07, 6.45) is -1.86.